The number of benzene rings is 1. The van der Waals surface area contributed by atoms with Crippen molar-refractivity contribution in [1.82, 2.24) is 0 Å². The number of anilines is 1. The monoisotopic (exact) mass is 345 g/mol. The van der Waals surface area contributed by atoms with E-state index in [0.29, 0.717) is 18.7 Å². The van der Waals surface area contributed by atoms with Gasteiger partial charge in [-0.2, -0.15) is 13.2 Å². The van der Waals surface area contributed by atoms with Gasteiger partial charge in [0.15, 0.2) is 6.61 Å². The minimum absolute atomic E-state index is 0.0115. The Bertz CT molecular complexity index is 532. The van der Waals surface area contributed by atoms with Crippen LogP contribution in [-0.4, -0.2) is 32.8 Å². The Morgan fingerprint density at radius 1 is 1.14 bits per heavy atom. The molecule has 0 radical (unpaired) electrons. The topological polar surface area (TPSA) is 55.4 Å². The van der Waals surface area contributed by atoms with Crippen molar-refractivity contribution in [3.8, 4) is 5.75 Å². The van der Waals surface area contributed by atoms with Crippen molar-refractivity contribution in [3.05, 3.63) is 24.3 Å². The first-order valence-corrected chi connectivity index (χ1v) is 8.26. The number of nitrogens with one attached hydrogen (secondary N) is 1. The summed E-state index contributed by atoms with van der Waals surface area (Å²) in [5.41, 5.74) is 0.264. The molecule has 0 bridgehead atoms. The van der Waals surface area contributed by atoms with E-state index in [2.05, 4.69) is 9.46 Å². The average molecular weight is 346 g/mol. The van der Waals surface area contributed by atoms with Crippen LogP contribution in [0.1, 0.15) is 12.8 Å². The van der Waals surface area contributed by atoms with Crippen LogP contribution < -0.4 is 9.46 Å². The Hall–Kier alpha value is -1.15. The number of ether oxygens (including phenoxy) is 1. The summed E-state index contributed by atoms with van der Waals surface area (Å²) in [5.74, 6) is 0.338. The van der Waals surface area contributed by atoms with E-state index in [4.69, 9.17) is 11.6 Å². The molecule has 1 aromatic carbocycles. The van der Waals surface area contributed by atoms with Crippen LogP contribution in [0.15, 0.2) is 24.3 Å². The van der Waals surface area contributed by atoms with E-state index < -0.39 is 22.8 Å². The van der Waals surface area contributed by atoms with Crippen molar-refractivity contribution in [1.29, 1.82) is 0 Å². The summed E-state index contributed by atoms with van der Waals surface area (Å²) in [5, 5.41) is 0. The van der Waals surface area contributed by atoms with E-state index in [1.54, 1.807) is 0 Å². The molecule has 0 saturated heterocycles. The number of halogens is 4. The van der Waals surface area contributed by atoms with Crippen molar-refractivity contribution in [2.45, 2.75) is 19.0 Å². The molecule has 9 heteroatoms. The quantitative estimate of drug-likeness (QED) is 0.580. The van der Waals surface area contributed by atoms with Gasteiger partial charge in [-0.25, -0.2) is 8.42 Å². The molecule has 0 fully saturated rings. The summed E-state index contributed by atoms with van der Waals surface area (Å²) in [6.45, 7) is -1.39. The lowest BCUT2D eigenvalue weighted by Gasteiger charge is -2.10. The second-order valence-corrected chi connectivity index (χ2v) is 6.47. The van der Waals surface area contributed by atoms with Crippen LogP contribution in [0.25, 0.3) is 0 Å². The molecule has 0 aliphatic rings. The zero-order valence-electron chi connectivity index (χ0n) is 11.0. The highest BCUT2D eigenvalue weighted by Crippen LogP contribution is 2.20. The predicted octanol–water partition coefficient (Wildman–Crippen LogP) is 3.39. The maximum absolute atomic E-state index is 12.0. The first kappa shape index (κ1) is 17.9. The fourth-order valence-corrected chi connectivity index (χ4v) is 2.77. The molecule has 0 amide bonds. The predicted molar refractivity (Wildman–Crippen MR) is 75.4 cm³/mol. The molecule has 0 aliphatic carbocycles. The van der Waals surface area contributed by atoms with Gasteiger partial charge in [-0.3, -0.25) is 4.72 Å². The van der Waals surface area contributed by atoms with E-state index in [-0.39, 0.29) is 17.2 Å². The molecule has 0 aliphatic heterocycles. The number of unbranched alkanes of at least 4 members (excludes halogenated alkanes) is 1. The van der Waals surface area contributed by atoms with Crippen LogP contribution in [0.5, 0.6) is 5.75 Å². The van der Waals surface area contributed by atoms with Gasteiger partial charge in [0.05, 0.1) is 5.75 Å². The molecule has 0 heterocycles. The molecule has 0 saturated carbocycles. The maximum Gasteiger partial charge on any atom is 0.422 e. The summed E-state index contributed by atoms with van der Waals surface area (Å²) in [7, 11) is -3.48. The molecule has 0 unspecified atom stereocenters. The Morgan fingerprint density at radius 2 is 1.76 bits per heavy atom. The van der Waals surface area contributed by atoms with Gasteiger partial charge in [0.2, 0.25) is 10.0 Å². The number of rotatable bonds is 8. The van der Waals surface area contributed by atoms with Gasteiger partial charge in [0, 0.05) is 11.6 Å². The van der Waals surface area contributed by atoms with E-state index in [9.17, 15) is 21.6 Å². The molecule has 0 spiro atoms. The zero-order chi connectivity index (χ0) is 15.9. The Labute approximate surface area is 126 Å². The first-order valence-electron chi connectivity index (χ1n) is 6.08. The van der Waals surface area contributed by atoms with E-state index in [0.717, 1.165) is 0 Å². The maximum atomic E-state index is 12.0. The molecule has 1 rings (SSSR count). The molecular formula is C12H15ClF3NO3S. The second kappa shape index (κ2) is 7.74. The summed E-state index contributed by atoms with van der Waals surface area (Å²) in [6.07, 6.45) is -3.39. The van der Waals surface area contributed by atoms with Gasteiger partial charge >= 0.3 is 6.18 Å². The van der Waals surface area contributed by atoms with Gasteiger partial charge in [-0.1, -0.05) is 0 Å². The van der Waals surface area contributed by atoms with Crippen LogP contribution in [-0.2, 0) is 10.0 Å². The molecule has 1 N–H and O–H groups in total. The summed E-state index contributed by atoms with van der Waals surface area (Å²) in [4.78, 5) is 0. The van der Waals surface area contributed by atoms with Gasteiger partial charge in [0.25, 0.3) is 0 Å². The highest BCUT2D eigenvalue weighted by Gasteiger charge is 2.28. The van der Waals surface area contributed by atoms with Crippen LogP contribution in [0.2, 0.25) is 0 Å². The lowest BCUT2D eigenvalue weighted by atomic mass is 10.3. The first-order chi connectivity index (χ1) is 9.72. The number of alkyl halides is 4. The molecule has 21 heavy (non-hydrogen) atoms. The lowest BCUT2D eigenvalue weighted by Crippen LogP contribution is -2.19. The summed E-state index contributed by atoms with van der Waals surface area (Å²) in [6, 6.07) is 5.21. The van der Waals surface area contributed by atoms with Crippen LogP contribution in [0, 0.1) is 0 Å². The van der Waals surface area contributed by atoms with Crippen molar-refractivity contribution in [2.75, 3.05) is 23.0 Å². The molecule has 4 nitrogen and oxygen atoms in total. The highest BCUT2D eigenvalue weighted by atomic mass is 35.5. The Kier molecular flexibility index (Phi) is 6.60. The van der Waals surface area contributed by atoms with E-state index >= 15 is 0 Å². The minimum Gasteiger partial charge on any atom is -0.484 e. The largest absolute Gasteiger partial charge is 0.484 e. The number of hydrogen-bond acceptors (Lipinski definition) is 3. The fourth-order valence-electron chi connectivity index (χ4n) is 1.40. The lowest BCUT2D eigenvalue weighted by molar-refractivity contribution is -0.153. The smallest absolute Gasteiger partial charge is 0.422 e. The summed E-state index contributed by atoms with van der Waals surface area (Å²) < 4.78 is 66.1. The van der Waals surface area contributed by atoms with E-state index in [1.807, 2.05) is 0 Å². The van der Waals surface area contributed by atoms with Crippen molar-refractivity contribution < 1.29 is 26.3 Å². The third-order valence-corrected chi connectivity index (χ3v) is 3.97. The van der Waals surface area contributed by atoms with Crippen molar-refractivity contribution in [3.63, 3.8) is 0 Å². The van der Waals surface area contributed by atoms with Gasteiger partial charge in [0.1, 0.15) is 5.75 Å². The molecule has 1 aromatic rings. The van der Waals surface area contributed by atoms with Crippen LogP contribution in [0.4, 0.5) is 18.9 Å². The second-order valence-electron chi connectivity index (χ2n) is 4.25. The number of sulfonamides is 1. The van der Waals surface area contributed by atoms with Crippen LogP contribution >= 0.6 is 11.6 Å². The molecule has 120 valence electrons. The van der Waals surface area contributed by atoms with Crippen LogP contribution in [0.3, 0.4) is 0 Å². The van der Waals surface area contributed by atoms with Crippen molar-refractivity contribution in [2.24, 2.45) is 0 Å². The Balaban J connectivity index is 2.54. The molecule has 0 aromatic heterocycles. The Morgan fingerprint density at radius 3 is 2.29 bits per heavy atom. The zero-order valence-corrected chi connectivity index (χ0v) is 12.6. The number of hydrogen-bond donors (Lipinski definition) is 1. The van der Waals surface area contributed by atoms with Gasteiger partial charge < -0.3 is 4.74 Å². The summed E-state index contributed by atoms with van der Waals surface area (Å²) >= 11 is 5.46. The third-order valence-electron chi connectivity index (χ3n) is 2.33. The fraction of sp³-hybridized carbons (Fsp3) is 0.500. The van der Waals surface area contributed by atoms with Gasteiger partial charge in [-0.05, 0) is 37.1 Å². The molecule has 0 atom stereocenters. The highest BCUT2D eigenvalue weighted by molar-refractivity contribution is 7.92. The van der Waals surface area contributed by atoms with Gasteiger partial charge in [-0.15, -0.1) is 11.6 Å². The third kappa shape index (κ3) is 8.01. The minimum atomic E-state index is -4.41. The molecular weight excluding hydrogens is 331 g/mol. The standard InChI is InChI=1S/C12H15ClF3NO3S/c13-7-1-2-8-21(18,19)17-10-3-5-11(6-4-10)20-9-12(14,15)16/h3-6,17H,1-2,7-9H2. The average Bonchev–Trinajstić information content (AvgIpc) is 2.37. The van der Waals surface area contributed by atoms with Crippen molar-refractivity contribution >= 4 is 27.3 Å². The van der Waals surface area contributed by atoms with E-state index in [1.165, 1.54) is 24.3 Å². The normalized spacial score (nSPS) is 12.2. The SMILES string of the molecule is O=S(=O)(CCCCCl)Nc1ccc(OCC(F)(F)F)cc1.